The van der Waals surface area contributed by atoms with Crippen LogP contribution >= 0.6 is 11.6 Å². The van der Waals surface area contributed by atoms with E-state index in [0.29, 0.717) is 22.0 Å². The molecule has 1 atom stereocenters. The van der Waals surface area contributed by atoms with E-state index in [-0.39, 0.29) is 35.4 Å². The second-order valence-corrected chi connectivity index (χ2v) is 9.88. The molecule has 0 saturated carbocycles. The third-order valence-electron chi connectivity index (χ3n) is 5.54. The summed E-state index contributed by atoms with van der Waals surface area (Å²) in [6.07, 6.45) is 0.0465. The Bertz CT molecular complexity index is 1440. The van der Waals surface area contributed by atoms with Gasteiger partial charge in [0, 0.05) is 41.0 Å². The van der Waals surface area contributed by atoms with Gasteiger partial charge in [-0.1, -0.05) is 29.8 Å². The molecule has 2 aliphatic heterocycles. The molecule has 10 heteroatoms. The number of fused-ring (bicyclic) bond motifs is 1. The zero-order chi connectivity index (χ0) is 23.9. The van der Waals surface area contributed by atoms with Crippen molar-refractivity contribution in [3.8, 4) is 5.75 Å². The molecule has 0 bridgehead atoms. The number of carbonyl (C=O) groups excluding carboxylic acids is 2. The molecular formula is C24H18ClN3O5S. The Morgan fingerprint density at radius 1 is 1.06 bits per heavy atom. The fraction of sp³-hybridized carbons (Fsp3) is 0.125. The van der Waals surface area contributed by atoms with E-state index in [4.69, 9.17) is 16.3 Å². The molecule has 0 unspecified atom stereocenters. The van der Waals surface area contributed by atoms with Crippen molar-refractivity contribution in [3.63, 3.8) is 0 Å². The van der Waals surface area contributed by atoms with Crippen LogP contribution in [0.25, 0.3) is 0 Å². The Balaban J connectivity index is 1.28. The van der Waals surface area contributed by atoms with Crippen LogP contribution in [-0.4, -0.2) is 32.7 Å². The number of anilines is 2. The Morgan fingerprint density at radius 3 is 2.62 bits per heavy atom. The van der Waals surface area contributed by atoms with Crippen LogP contribution in [0, 0.1) is 5.92 Å². The topological polar surface area (TPSA) is 105 Å². The lowest BCUT2D eigenvalue weighted by molar-refractivity contribution is -0.139. The molecular weight excluding hydrogens is 478 g/mol. The first-order valence-corrected chi connectivity index (χ1v) is 12.2. The number of carbonyl (C=O) groups is 2. The lowest BCUT2D eigenvalue weighted by Gasteiger charge is -2.16. The number of sulfonamides is 1. The van der Waals surface area contributed by atoms with E-state index in [1.807, 2.05) is 0 Å². The average molecular weight is 496 g/mol. The number of amides is 1. The van der Waals surface area contributed by atoms with Crippen LogP contribution < -0.4 is 15.0 Å². The number of ether oxygens (including phenoxy) is 1. The monoisotopic (exact) mass is 495 g/mol. The van der Waals surface area contributed by atoms with Crippen molar-refractivity contribution in [1.29, 1.82) is 0 Å². The molecule has 1 fully saturated rings. The van der Waals surface area contributed by atoms with Crippen molar-refractivity contribution in [2.75, 3.05) is 16.8 Å². The summed E-state index contributed by atoms with van der Waals surface area (Å²) >= 11 is 5.91. The number of halogens is 1. The van der Waals surface area contributed by atoms with Gasteiger partial charge in [-0.3, -0.25) is 9.59 Å². The summed E-state index contributed by atoms with van der Waals surface area (Å²) in [5.74, 6) is -0.843. The van der Waals surface area contributed by atoms with Crippen LogP contribution in [0.4, 0.5) is 11.4 Å². The molecule has 2 heterocycles. The van der Waals surface area contributed by atoms with Gasteiger partial charge in [0.25, 0.3) is 10.0 Å². The first kappa shape index (κ1) is 22.1. The summed E-state index contributed by atoms with van der Waals surface area (Å²) < 4.78 is 33.8. The van der Waals surface area contributed by atoms with Crippen LogP contribution in [0.3, 0.4) is 0 Å². The second kappa shape index (κ2) is 8.58. The number of benzene rings is 3. The number of rotatable bonds is 4. The van der Waals surface area contributed by atoms with Gasteiger partial charge in [0.15, 0.2) is 5.84 Å². The molecule has 0 spiro atoms. The van der Waals surface area contributed by atoms with Gasteiger partial charge >= 0.3 is 5.97 Å². The quantitative estimate of drug-likeness (QED) is 0.435. The molecule has 0 aromatic heterocycles. The van der Waals surface area contributed by atoms with E-state index < -0.39 is 21.9 Å². The minimum atomic E-state index is -3.75. The lowest BCUT2D eigenvalue weighted by Crippen LogP contribution is -2.27. The fourth-order valence-electron chi connectivity index (χ4n) is 3.91. The molecule has 3 aromatic carbocycles. The lowest BCUT2D eigenvalue weighted by atomic mass is 10.1. The first-order valence-electron chi connectivity index (χ1n) is 10.4. The number of nitrogens with zero attached hydrogens (tertiary/aromatic N) is 2. The molecule has 2 aliphatic rings. The van der Waals surface area contributed by atoms with E-state index in [2.05, 4.69) is 9.71 Å². The molecule has 34 heavy (non-hydrogen) atoms. The van der Waals surface area contributed by atoms with E-state index >= 15 is 0 Å². The van der Waals surface area contributed by atoms with Crippen molar-refractivity contribution in [2.45, 2.75) is 11.3 Å². The second-order valence-electron chi connectivity index (χ2n) is 7.87. The van der Waals surface area contributed by atoms with Crippen LogP contribution in [0.15, 0.2) is 82.1 Å². The van der Waals surface area contributed by atoms with Gasteiger partial charge in [-0.25, -0.2) is 0 Å². The molecule has 1 N–H and O–H groups in total. The van der Waals surface area contributed by atoms with Crippen LogP contribution in [0.2, 0.25) is 5.02 Å². The van der Waals surface area contributed by atoms with E-state index in [1.54, 1.807) is 66.7 Å². The highest BCUT2D eigenvalue weighted by atomic mass is 35.5. The predicted molar refractivity (Wildman–Crippen MR) is 128 cm³/mol. The number of nitrogens with one attached hydrogen (secondary N) is 1. The SMILES string of the molecule is O=C(Oc1cccc(NC2=NS(=O)(=O)c3ccccc32)c1)[C@@H]1CC(=O)N(c2ccc(Cl)cc2)C1. The van der Waals surface area contributed by atoms with Crippen molar-refractivity contribution >= 4 is 50.7 Å². The first-order chi connectivity index (χ1) is 16.3. The van der Waals surface area contributed by atoms with Gasteiger partial charge in [0.05, 0.1) is 5.92 Å². The van der Waals surface area contributed by atoms with Gasteiger partial charge in [-0.2, -0.15) is 8.42 Å². The highest BCUT2D eigenvalue weighted by Crippen LogP contribution is 2.29. The number of hydrogen-bond donors (Lipinski definition) is 1. The molecule has 1 amide bonds. The van der Waals surface area contributed by atoms with Gasteiger partial charge in [-0.05, 0) is 48.5 Å². The Hall–Kier alpha value is -3.69. The maximum Gasteiger partial charge on any atom is 0.316 e. The summed E-state index contributed by atoms with van der Waals surface area (Å²) in [6, 6.07) is 19.9. The summed E-state index contributed by atoms with van der Waals surface area (Å²) in [6.45, 7) is 0.211. The molecule has 5 rings (SSSR count). The predicted octanol–water partition coefficient (Wildman–Crippen LogP) is 3.86. The van der Waals surface area contributed by atoms with Crippen LogP contribution in [-0.2, 0) is 19.6 Å². The molecule has 0 radical (unpaired) electrons. The van der Waals surface area contributed by atoms with E-state index in [0.717, 1.165) is 0 Å². The summed E-state index contributed by atoms with van der Waals surface area (Å²) in [5, 5.41) is 3.54. The molecule has 8 nitrogen and oxygen atoms in total. The highest BCUT2D eigenvalue weighted by molar-refractivity contribution is 7.90. The standard InChI is InChI=1S/C24H18ClN3O5S/c25-16-8-10-18(11-9-16)28-14-15(12-22(28)29)24(30)33-19-5-3-4-17(13-19)26-23-20-6-1-2-7-21(20)34(31,32)27-23/h1-11,13,15H,12,14H2,(H,26,27)/t15-/m1/s1. The van der Waals surface area contributed by atoms with Gasteiger partial charge in [0.1, 0.15) is 10.6 Å². The highest BCUT2D eigenvalue weighted by Gasteiger charge is 2.36. The molecule has 0 aliphatic carbocycles. The van der Waals surface area contributed by atoms with Crippen molar-refractivity contribution in [1.82, 2.24) is 0 Å². The minimum Gasteiger partial charge on any atom is -0.426 e. The van der Waals surface area contributed by atoms with E-state index in [1.165, 1.54) is 11.0 Å². The van der Waals surface area contributed by atoms with Gasteiger partial charge < -0.3 is 15.0 Å². The van der Waals surface area contributed by atoms with Crippen LogP contribution in [0.5, 0.6) is 5.75 Å². The zero-order valence-electron chi connectivity index (χ0n) is 17.6. The number of amidine groups is 1. The Labute approximate surface area is 200 Å². The summed E-state index contributed by atoms with van der Waals surface area (Å²) in [4.78, 5) is 26.9. The zero-order valence-corrected chi connectivity index (χ0v) is 19.2. The van der Waals surface area contributed by atoms with Crippen molar-refractivity contribution in [3.05, 3.63) is 83.4 Å². The Morgan fingerprint density at radius 2 is 1.82 bits per heavy atom. The minimum absolute atomic E-state index is 0.0465. The fourth-order valence-corrected chi connectivity index (χ4v) is 5.21. The third-order valence-corrected chi connectivity index (χ3v) is 7.13. The van der Waals surface area contributed by atoms with Crippen LogP contribution in [0.1, 0.15) is 12.0 Å². The molecule has 3 aromatic rings. The number of esters is 1. The summed E-state index contributed by atoms with van der Waals surface area (Å²) in [7, 11) is -3.75. The maximum atomic E-state index is 12.8. The number of hydrogen-bond acceptors (Lipinski definition) is 6. The summed E-state index contributed by atoms with van der Waals surface area (Å²) in [5.41, 5.74) is 1.64. The van der Waals surface area contributed by atoms with E-state index in [9.17, 15) is 18.0 Å². The maximum absolute atomic E-state index is 12.8. The smallest absolute Gasteiger partial charge is 0.316 e. The van der Waals surface area contributed by atoms with Crippen molar-refractivity contribution < 1.29 is 22.7 Å². The van der Waals surface area contributed by atoms with Gasteiger partial charge in [-0.15, -0.1) is 4.40 Å². The third kappa shape index (κ3) is 4.27. The van der Waals surface area contributed by atoms with Gasteiger partial charge in [0.2, 0.25) is 5.91 Å². The Kier molecular flexibility index (Phi) is 5.59. The largest absolute Gasteiger partial charge is 0.426 e. The van der Waals surface area contributed by atoms with Crippen molar-refractivity contribution in [2.24, 2.45) is 10.3 Å². The molecule has 172 valence electrons. The normalized spacial score (nSPS) is 18.4. The molecule has 1 saturated heterocycles. The average Bonchev–Trinajstić information content (AvgIpc) is 3.32.